The Morgan fingerprint density at radius 1 is 1.50 bits per heavy atom. The predicted octanol–water partition coefficient (Wildman–Crippen LogP) is 2.42. The van der Waals surface area contributed by atoms with Crippen molar-refractivity contribution in [1.29, 1.82) is 5.26 Å². The molecular formula is C10H5F5N2O3. The lowest BCUT2D eigenvalue weighted by atomic mass is 10.1. The Balaban J connectivity index is 3.42. The highest BCUT2D eigenvalue weighted by molar-refractivity contribution is 5.70. The third kappa shape index (κ3) is 4.04. The van der Waals surface area contributed by atoms with Crippen LogP contribution in [0.2, 0.25) is 0 Å². The lowest BCUT2D eigenvalue weighted by Crippen LogP contribution is -2.20. The van der Waals surface area contributed by atoms with Gasteiger partial charge in [0.25, 0.3) is 6.43 Å². The fraction of sp³-hybridized carbons (Fsp3) is 0.300. The minimum absolute atomic E-state index is 0.502. The van der Waals surface area contributed by atoms with Crippen LogP contribution in [0, 0.1) is 11.3 Å². The van der Waals surface area contributed by atoms with Gasteiger partial charge in [0.1, 0.15) is 0 Å². The van der Waals surface area contributed by atoms with Gasteiger partial charge in [-0.1, -0.05) is 0 Å². The molecule has 0 bridgehead atoms. The van der Waals surface area contributed by atoms with Gasteiger partial charge in [0.2, 0.25) is 5.88 Å². The predicted molar refractivity (Wildman–Crippen MR) is 51.9 cm³/mol. The van der Waals surface area contributed by atoms with Crippen LogP contribution < -0.4 is 4.74 Å². The molecule has 1 aromatic heterocycles. The number of hydrogen-bond donors (Lipinski definition) is 1. The molecule has 0 radical (unpaired) electrons. The lowest BCUT2D eigenvalue weighted by molar-refractivity contribution is -0.276. The van der Waals surface area contributed by atoms with Gasteiger partial charge in [-0.25, -0.2) is 13.8 Å². The average molecular weight is 296 g/mol. The zero-order valence-electron chi connectivity index (χ0n) is 9.41. The monoisotopic (exact) mass is 296 g/mol. The fourth-order valence-electron chi connectivity index (χ4n) is 1.32. The second-order valence-electron chi connectivity index (χ2n) is 3.41. The summed E-state index contributed by atoms with van der Waals surface area (Å²) >= 11 is 0. The number of hydrogen-bond acceptors (Lipinski definition) is 4. The van der Waals surface area contributed by atoms with E-state index >= 15 is 0 Å². The van der Waals surface area contributed by atoms with Crippen molar-refractivity contribution in [2.75, 3.05) is 0 Å². The number of halogens is 5. The molecular weight excluding hydrogens is 291 g/mol. The van der Waals surface area contributed by atoms with E-state index in [-0.39, 0.29) is 0 Å². The molecule has 0 saturated carbocycles. The van der Waals surface area contributed by atoms with E-state index in [1.54, 1.807) is 0 Å². The minimum Gasteiger partial charge on any atom is -0.481 e. The second kappa shape index (κ2) is 5.68. The van der Waals surface area contributed by atoms with Crippen LogP contribution in [0.3, 0.4) is 0 Å². The topological polar surface area (TPSA) is 83.2 Å². The van der Waals surface area contributed by atoms with E-state index in [0.717, 1.165) is 0 Å². The van der Waals surface area contributed by atoms with E-state index in [9.17, 15) is 26.7 Å². The zero-order chi connectivity index (χ0) is 15.5. The van der Waals surface area contributed by atoms with Crippen molar-refractivity contribution in [2.24, 2.45) is 0 Å². The fourth-order valence-corrected chi connectivity index (χ4v) is 1.32. The maximum atomic E-state index is 12.7. The molecule has 20 heavy (non-hydrogen) atoms. The summed E-state index contributed by atoms with van der Waals surface area (Å²) in [6, 6.07) is 1.94. The van der Waals surface area contributed by atoms with Gasteiger partial charge in [-0.2, -0.15) is 5.26 Å². The number of aliphatic carboxylic acids is 1. The maximum Gasteiger partial charge on any atom is 0.574 e. The summed E-state index contributed by atoms with van der Waals surface area (Å²) in [4.78, 5) is 13.5. The van der Waals surface area contributed by atoms with Gasteiger partial charge in [-0.15, -0.1) is 13.2 Å². The summed E-state index contributed by atoms with van der Waals surface area (Å²) in [7, 11) is 0. The zero-order valence-corrected chi connectivity index (χ0v) is 9.41. The third-order valence-electron chi connectivity index (χ3n) is 1.96. The smallest absolute Gasteiger partial charge is 0.481 e. The number of rotatable bonds is 4. The number of carbonyl (C=O) groups is 1. The highest BCUT2D eigenvalue weighted by Gasteiger charge is 2.35. The minimum atomic E-state index is -5.30. The lowest BCUT2D eigenvalue weighted by Gasteiger charge is -2.14. The van der Waals surface area contributed by atoms with Crippen LogP contribution in [-0.2, 0) is 11.2 Å². The van der Waals surface area contributed by atoms with E-state index in [1.165, 1.54) is 6.07 Å². The van der Waals surface area contributed by atoms with Crippen molar-refractivity contribution in [1.82, 2.24) is 4.98 Å². The Labute approximate surface area is 108 Å². The first-order valence-corrected chi connectivity index (χ1v) is 4.83. The molecule has 0 aliphatic carbocycles. The number of pyridine rings is 1. The maximum absolute atomic E-state index is 12.7. The Bertz CT molecular complexity index is 565. The van der Waals surface area contributed by atoms with Crippen molar-refractivity contribution in [3.05, 3.63) is 22.9 Å². The first-order valence-electron chi connectivity index (χ1n) is 4.83. The Hall–Kier alpha value is -2.44. The molecule has 0 aromatic carbocycles. The summed E-state index contributed by atoms with van der Waals surface area (Å²) in [5.74, 6) is -2.98. The van der Waals surface area contributed by atoms with Crippen molar-refractivity contribution in [3.63, 3.8) is 0 Å². The molecule has 0 atom stereocenters. The highest BCUT2D eigenvalue weighted by atomic mass is 19.4. The Kier molecular flexibility index (Phi) is 4.44. The number of carboxylic acid groups (broad SMARTS) is 1. The number of alkyl halides is 5. The van der Waals surface area contributed by atoms with Crippen LogP contribution in [-0.4, -0.2) is 22.4 Å². The molecule has 1 heterocycles. The van der Waals surface area contributed by atoms with Gasteiger partial charge < -0.3 is 9.84 Å². The first-order chi connectivity index (χ1) is 9.14. The van der Waals surface area contributed by atoms with Crippen LogP contribution >= 0.6 is 0 Å². The Morgan fingerprint density at radius 3 is 2.50 bits per heavy atom. The molecule has 1 rings (SSSR count). The summed E-state index contributed by atoms with van der Waals surface area (Å²) in [6.07, 6.45) is -9.58. The molecule has 0 aliphatic heterocycles. The van der Waals surface area contributed by atoms with E-state index in [2.05, 4.69) is 9.72 Å². The molecule has 1 N–H and O–H groups in total. The normalized spacial score (nSPS) is 11.2. The quantitative estimate of drug-likeness (QED) is 0.863. The molecule has 0 amide bonds. The van der Waals surface area contributed by atoms with Crippen molar-refractivity contribution < 1.29 is 36.6 Å². The van der Waals surface area contributed by atoms with Gasteiger partial charge in [0, 0.05) is 0 Å². The highest BCUT2D eigenvalue weighted by Crippen LogP contribution is 2.34. The molecule has 5 nitrogen and oxygen atoms in total. The van der Waals surface area contributed by atoms with Crippen LogP contribution in [0.5, 0.6) is 5.88 Å². The van der Waals surface area contributed by atoms with Crippen LogP contribution in [0.25, 0.3) is 0 Å². The van der Waals surface area contributed by atoms with Crippen molar-refractivity contribution >= 4 is 5.97 Å². The van der Waals surface area contributed by atoms with Crippen LogP contribution in [0.4, 0.5) is 22.0 Å². The van der Waals surface area contributed by atoms with Crippen molar-refractivity contribution in [2.45, 2.75) is 19.2 Å². The number of carboxylic acids is 1. The number of ether oxygens (including phenoxy) is 1. The number of nitrogens with zero attached hydrogens (tertiary/aromatic N) is 2. The van der Waals surface area contributed by atoms with E-state index in [4.69, 9.17) is 10.4 Å². The molecule has 0 fully saturated rings. The summed E-state index contributed by atoms with van der Waals surface area (Å²) in [5, 5.41) is 17.2. The largest absolute Gasteiger partial charge is 0.574 e. The van der Waals surface area contributed by atoms with Gasteiger partial charge in [-0.05, 0) is 6.07 Å². The van der Waals surface area contributed by atoms with E-state index in [0.29, 0.717) is 6.07 Å². The Morgan fingerprint density at radius 2 is 2.10 bits per heavy atom. The standard InChI is InChI=1S/C10H5F5N2O3/c11-8(12)7-4(3-16)1-5(2-6(18)19)17-9(7)20-10(13,14)15/h1,8H,2H2,(H,18,19). The van der Waals surface area contributed by atoms with Gasteiger partial charge in [-0.3, -0.25) is 4.79 Å². The number of nitriles is 1. The van der Waals surface area contributed by atoms with Crippen LogP contribution in [0.15, 0.2) is 6.07 Å². The van der Waals surface area contributed by atoms with Gasteiger partial charge in [0.05, 0.1) is 29.3 Å². The van der Waals surface area contributed by atoms with E-state index < -0.39 is 47.9 Å². The molecule has 10 heteroatoms. The summed E-state index contributed by atoms with van der Waals surface area (Å²) in [6.45, 7) is 0. The average Bonchev–Trinajstić information content (AvgIpc) is 2.24. The SMILES string of the molecule is N#Cc1cc(CC(=O)O)nc(OC(F)(F)F)c1C(F)F. The summed E-state index contributed by atoms with van der Waals surface area (Å²) < 4.78 is 65.0. The molecule has 0 aliphatic rings. The van der Waals surface area contributed by atoms with Gasteiger partial charge >= 0.3 is 12.3 Å². The van der Waals surface area contributed by atoms with E-state index in [1.807, 2.05) is 0 Å². The van der Waals surface area contributed by atoms with Crippen molar-refractivity contribution in [3.8, 4) is 11.9 Å². The molecule has 0 spiro atoms. The van der Waals surface area contributed by atoms with Gasteiger partial charge in [0.15, 0.2) is 0 Å². The summed E-state index contributed by atoms with van der Waals surface area (Å²) in [5.41, 5.74) is -2.66. The third-order valence-corrected chi connectivity index (χ3v) is 1.96. The first kappa shape index (κ1) is 15.6. The second-order valence-corrected chi connectivity index (χ2v) is 3.41. The molecule has 1 aromatic rings. The number of aromatic nitrogens is 1. The molecule has 108 valence electrons. The molecule has 0 saturated heterocycles. The molecule has 0 unspecified atom stereocenters. The van der Waals surface area contributed by atoms with Crippen LogP contribution in [0.1, 0.15) is 23.2 Å².